The summed E-state index contributed by atoms with van der Waals surface area (Å²) in [4.78, 5) is 0. The van der Waals surface area contributed by atoms with E-state index in [1.165, 1.54) is 16.7 Å². The molecular formula is C18H24O. The number of aliphatic hydroxyl groups is 1. The maximum atomic E-state index is 10.6. The summed E-state index contributed by atoms with van der Waals surface area (Å²) in [5, 5.41) is 10.6. The van der Waals surface area contributed by atoms with Crippen molar-refractivity contribution in [1.82, 2.24) is 0 Å². The van der Waals surface area contributed by atoms with Crippen LogP contribution in [0.25, 0.3) is 0 Å². The normalized spacial score (nSPS) is 21.1. The Morgan fingerprint density at radius 3 is 2.26 bits per heavy atom. The van der Waals surface area contributed by atoms with E-state index in [4.69, 9.17) is 0 Å². The van der Waals surface area contributed by atoms with E-state index in [1.807, 2.05) is 6.07 Å². The lowest BCUT2D eigenvalue weighted by Crippen LogP contribution is -2.19. The molecule has 2 unspecified atom stereocenters. The van der Waals surface area contributed by atoms with Gasteiger partial charge in [0.05, 0.1) is 6.10 Å². The second-order valence-corrected chi connectivity index (χ2v) is 6.67. The summed E-state index contributed by atoms with van der Waals surface area (Å²) in [5.74, 6) is 0.313. The Kier molecular flexibility index (Phi) is 3.69. The molecule has 2 rings (SSSR count). The molecule has 1 aliphatic rings. The molecule has 0 aromatic heterocycles. The molecule has 1 aromatic carbocycles. The zero-order valence-corrected chi connectivity index (χ0v) is 12.6. The predicted molar refractivity (Wildman–Crippen MR) is 81.1 cm³/mol. The minimum absolute atomic E-state index is 0.148. The molecule has 1 N–H and O–H groups in total. The first-order valence-corrected chi connectivity index (χ1v) is 6.94. The van der Waals surface area contributed by atoms with Crippen molar-refractivity contribution in [2.75, 3.05) is 0 Å². The first kappa shape index (κ1) is 14.1. The van der Waals surface area contributed by atoms with Gasteiger partial charge in [-0.05, 0) is 30.4 Å². The van der Waals surface area contributed by atoms with Crippen LogP contribution in [0.1, 0.15) is 57.8 Å². The van der Waals surface area contributed by atoms with Crippen molar-refractivity contribution < 1.29 is 5.11 Å². The molecule has 0 saturated heterocycles. The molecule has 0 radical (unpaired) electrons. The Bertz CT molecular complexity index is 529. The second-order valence-electron chi connectivity index (χ2n) is 6.67. The Morgan fingerprint density at radius 1 is 1.11 bits per heavy atom. The maximum Gasteiger partial charge on any atom is 0.0841 e. The molecule has 0 fully saturated rings. The van der Waals surface area contributed by atoms with Crippen LogP contribution in [0.2, 0.25) is 0 Å². The van der Waals surface area contributed by atoms with Gasteiger partial charge in [0.25, 0.3) is 0 Å². The summed E-state index contributed by atoms with van der Waals surface area (Å²) in [6, 6.07) is 8.27. The van der Waals surface area contributed by atoms with Crippen LogP contribution < -0.4 is 0 Å². The second kappa shape index (κ2) is 4.97. The molecule has 0 heterocycles. The average molecular weight is 256 g/mol. The molecule has 1 heteroatoms. The number of benzene rings is 1. The standard InChI is InChI=1S/C18H24O/c1-12-10-13(2)16(11-12)14-8-6-7-9-15(14)17(19)18(3,4)5/h6-11,16-17,19H,1-5H3. The number of allylic oxidation sites excluding steroid dienone is 4. The van der Waals surface area contributed by atoms with Crippen molar-refractivity contribution in [2.45, 2.75) is 46.6 Å². The van der Waals surface area contributed by atoms with Crippen LogP contribution in [0, 0.1) is 5.41 Å². The molecule has 0 saturated carbocycles. The zero-order valence-electron chi connectivity index (χ0n) is 12.6. The summed E-state index contributed by atoms with van der Waals surface area (Å²) >= 11 is 0. The van der Waals surface area contributed by atoms with Gasteiger partial charge in [0.15, 0.2) is 0 Å². The molecule has 0 amide bonds. The van der Waals surface area contributed by atoms with Gasteiger partial charge >= 0.3 is 0 Å². The van der Waals surface area contributed by atoms with Gasteiger partial charge in [-0.25, -0.2) is 0 Å². The Morgan fingerprint density at radius 2 is 1.74 bits per heavy atom. The van der Waals surface area contributed by atoms with Gasteiger partial charge in [-0.2, -0.15) is 0 Å². The minimum atomic E-state index is -0.439. The van der Waals surface area contributed by atoms with E-state index in [0.717, 1.165) is 5.56 Å². The van der Waals surface area contributed by atoms with E-state index in [9.17, 15) is 5.11 Å². The first-order valence-electron chi connectivity index (χ1n) is 6.94. The van der Waals surface area contributed by atoms with Crippen molar-refractivity contribution in [3.8, 4) is 0 Å². The molecule has 0 aliphatic heterocycles. The highest BCUT2D eigenvalue weighted by Crippen LogP contribution is 2.40. The van der Waals surface area contributed by atoms with Crippen LogP contribution in [0.4, 0.5) is 0 Å². The van der Waals surface area contributed by atoms with Crippen LogP contribution in [0.3, 0.4) is 0 Å². The number of aliphatic hydroxyl groups excluding tert-OH is 1. The third kappa shape index (κ3) is 2.82. The highest BCUT2D eigenvalue weighted by molar-refractivity contribution is 5.47. The summed E-state index contributed by atoms with van der Waals surface area (Å²) in [6.07, 6.45) is 4.07. The van der Waals surface area contributed by atoms with E-state index in [2.05, 4.69) is 65.0 Å². The van der Waals surface area contributed by atoms with E-state index in [0.29, 0.717) is 5.92 Å². The van der Waals surface area contributed by atoms with Crippen molar-refractivity contribution >= 4 is 0 Å². The van der Waals surface area contributed by atoms with Gasteiger partial charge in [0, 0.05) is 5.92 Å². The van der Waals surface area contributed by atoms with E-state index in [1.54, 1.807) is 0 Å². The smallest absolute Gasteiger partial charge is 0.0841 e. The van der Waals surface area contributed by atoms with Crippen molar-refractivity contribution in [2.24, 2.45) is 5.41 Å². The van der Waals surface area contributed by atoms with Gasteiger partial charge in [-0.3, -0.25) is 0 Å². The number of hydrogen-bond acceptors (Lipinski definition) is 1. The molecule has 102 valence electrons. The summed E-state index contributed by atoms with van der Waals surface area (Å²) in [5.41, 5.74) is 4.80. The van der Waals surface area contributed by atoms with E-state index < -0.39 is 6.10 Å². The maximum absolute atomic E-state index is 10.6. The molecule has 1 aromatic rings. The molecule has 19 heavy (non-hydrogen) atoms. The third-order valence-corrected chi connectivity index (χ3v) is 3.82. The van der Waals surface area contributed by atoms with E-state index >= 15 is 0 Å². The summed E-state index contributed by atoms with van der Waals surface area (Å²) in [7, 11) is 0. The van der Waals surface area contributed by atoms with Crippen LogP contribution >= 0.6 is 0 Å². The van der Waals surface area contributed by atoms with Gasteiger partial charge in [0.1, 0.15) is 0 Å². The van der Waals surface area contributed by atoms with Crippen molar-refractivity contribution in [1.29, 1.82) is 0 Å². The van der Waals surface area contributed by atoms with Gasteiger partial charge < -0.3 is 5.11 Å². The fourth-order valence-corrected chi connectivity index (χ4v) is 2.74. The average Bonchev–Trinajstić information content (AvgIpc) is 2.66. The Balaban J connectivity index is 2.46. The fourth-order valence-electron chi connectivity index (χ4n) is 2.74. The third-order valence-electron chi connectivity index (χ3n) is 3.82. The van der Waals surface area contributed by atoms with Gasteiger partial charge in [-0.15, -0.1) is 0 Å². The van der Waals surface area contributed by atoms with Crippen LogP contribution in [-0.4, -0.2) is 5.11 Å². The Labute approximate surface area is 116 Å². The lowest BCUT2D eigenvalue weighted by atomic mass is 9.80. The quantitative estimate of drug-likeness (QED) is 0.809. The molecular weight excluding hydrogens is 232 g/mol. The van der Waals surface area contributed by atoms with E-state index in [-0.39, 0.29) is 5.41 Å². The lowest BCUT2D eigenvalue weighted by molar-refractivity contribution is 0.0618. The van der Waals surface area contributed by atoms with Crippen LogP contribution in [0.15, 0.2) is 47.6 Å². The zero-order chi connectivity index (χ0) is 14.2. The van der Waals surface area contributed by atoms with Gasteiger partial charge in [0.2, 0.25) is 0 Å². The SMILES string of the molecule is CC1=CC(c2ccccc2C(O)C(C)(C)C)C(C)=C1. The van der Waals surface area contributed by atoms with Crippen LogP contribution in [0.5, 0.6) is 0 Å². The minimum Gasteiger partial charge on any atom is -0.388 e. The largest absolute Gasteiger partial charge is 0.388 e. The highest BCUT2D eigenvalue weighted by atomic mass is 16.3. The molecule has 0 bridgehead atoms. The van der Waals surface area contributed by atoms with Crippen LogP contribution in [-0.2, 0) is 0 Å². The Hall–Kier alpha value is -1.34. The molecule has 2 atom stereocenters. The number of hydrogen-bond donors (Lipinski definition) is 1. The molecule has 0 spiro atoms. The van der Waals surface area contributed by atoms with Gasteiger partial charge in [-0.1, -0.05) is 68.3 Å². The summed E-state index contributed by atoms with van der Waals surface area (Å²) < 4.78 is 0. The number of rotatable bonds is 2. The van der Waals surface area contributed by atoms with Crippen molar-refractivity contribution in [3.63, 3.8) is 0 Å². The lowest BCUT2D eigenvalue weighted by Gasteiger charge is -2.29. The molecule has 1 nitrogen and oxygen atoms in total. The predicted octanol–water partition coefficient (Wildman–Crippen LogP) is 4.76. The molecule has 1 aliphatic carbocycles. The van der Waals surface area contributed by atoms with Crippen molar-refractivity contribution in [3.05, 3.63) is 58.7 Å². The topological polar surface area (TPSA) is 20.2 Å². The monoisotopic (exact) mass is 256 g/mol. The first-order chi connectivity index (χ1) is 8.80. The summed E-state index contributed by atoms with van der Waals surface area (Å²) in [6.45, 7) is 10.5. The fraction of sp³-hybridized carbons (Fsp3) is 0.444. The highest BCUT2D eigenvalue weighted by Gasteiger charge is 2.28.